The second-order valence-electron chi connectivity index (χ2n) is 6.71. The molecule has 0 N–H and O–H groups in total. The van der Waals surface area contributed by atoms with E-state index >= 15 is 0 Å². The molecule has 0 aliphatic heterocycles. The van der Waals surface area contributed by atoms with Gasteiger partial charge in [-0.2, -0.15) is 4.99 Å². The zero-order chi connectivity index (χ0) is 23.6. The normalized spacial score (nSPS) is 12.5. The summed E-state index contributed by atoms with van der Waals surface area (Å²) in [7, 11) is -0.776. The summed E-state index contributed by atoms with van der Waals surface area (Å²) in [6.07, 6.45) is 0. The molecule has 0 atom stereocenters. The summed E-state index contributed by atoms with van der Waals surface area (Å²) in [5, 5.41) is 0.530. The van der Waals surface area contributed by atoms with Gasteiger partial charge in [0.1, 0.15) is 6.54 Å². The number of amides is 1. The average Bonchev–Trinajstić information content (AvgIpc) is 3.08. The van der Waals surface area contributed by atoms with Crippen molar-refractivity contribution in [3.63, 3.8) is 0 Å². The maximum absolute atomic E-state index is 12.8. The fraction of sp³-hybridized carbons (Fsp3) is 0.250. The van der Waals surface area contributed by atoms with Crippen LogP contribution in [0.5, 0.6) is 0 Å². The number of benzene rings is 2. The molecule has 1 aromatic heterocycles. The number of halogens is 2. The Hall–Kier alpha value is -2.24. The predicted molar refractivity (Wildman–Crippen MR) is 124 cm³/mol. The van der Waals surface area contributed by atoms with Crippen molar-refractivity contribution in [1.82, 2.24) is 8.87 Å². The van der Waals surface area contributed by atoms with Crippen molar-refractivity contribution >= 4 is 66.7 Å². The first-order valence-corrected chi connectivity index (χ1v) is 12.3. The van der Waals surface area contributed by atoms with Crippen molar-refractivity contribution in [2.75, 3.05) is 20.7 Å². The first-order chi connectivity index (χ1) is 15.1. The van der Waals surface area contributed by atoms with Gasteiger partial charge in [-0.05, 0) is 43.3 Å². The highest BCUT2D eigenvalue weighted by molar-refractivity contribution is 7.89. The van der Waals surface area contributed by atoms with Gasteiger partial charge in [0.15, 0.2) is 4.80 Å². The zero-order valence-electron chi connectivity index (χ0n) is 17.3. The molecule has 1 amide bonds. The minimum absolute atomic E-state index is 0.0553. The molecule has 1 heterocycles. The van der Waals surface area contributed by atoms with Crippen molar-refractivity contribution in [3.05, 3.63) is 56.8 Å². The lowest BCUT2D eigenvalue weighted by atomic mass is 10.2. The van der Waals surface area contributed by atoms with Crippen LogP contribution in [0.1, 0.15) is 17.3 Å². The van der Waals surface area contributed by atoms with Crippen LogP contribution in [0.3, 0.4) is 0 Å². The van der Waals surface area contributed by atoms with Gasteiger partial charge in [0.05, 0.1) is 31.8 Å². The molecule has 0 unspecified atom stereocenters. The largest absolute Gasteiger partial charge is 0.465 e. The van der Waals surface area contributed by atoms with E-state index in [0.717, 1.165) is 15.6 Å². The van der Waals surface area contributed by atoms with Crippen LogP contribution in [-0.4, -0.2) is 49.9 Å². The Labute approximate surface area is 198 Å². The Morgan fingerprint density at radius 1 is 1.12 bits per heavy atom. The minimum atomic E-state index is -3.62. The van der Waals surface area contributed by atoms with Gasteiger partial charge in [0.25, 0.3) is 5.91 Å². The predicted octanol–water partition coefficient (Wildman–Crippen LogP) is 3.56. The maximum atomic E-state index is 12.8. The van der Waals surface area contributed by atoms with E-state index in [1.54, 1.807) is 19.1 Å². The van der Waals surface area contributed by atoms with Gasteiger partial charge in [0.2, 0.25) is 10.0 Å². The summed E-state index contributed by atoms with van der Waals surface area (Å²) >= 11 is 13.7. The number of rotatable bonds is 6. The summed E-state index contributed by atoms with van der Waals surface area (Å²) in [6.45, 7) is 1.68. The molecule has 0 bridgehead atoms. The molecular formula is C20H19Cl2N3O5S2. The first kappa shape index (κ1) is 24.4. The quantitative estimate of drug-likeness (QED) is 0.467. The molecule has 0 radical (unpaired) electrons. The molecule has 0 saturated carbocycles. The van der Waals surface area contributed by atoms with Crippen molar-refractivity contribution in [1.29, 1.82) is 0 Å². The Morgan fingerprint density at radius 2 is 1.78 bits per heavy atom. The van der Waals surface area contributed by atoms with Gasteiger partial charge < -0.3 is 9.30 Å². The third-order valence-electron chi connectivity index (χ3n) is 4.40. The van der Waals surface area contributed by atoms with E-state index in [4.69, 9.17) is 27.9 Å². The summed E-state index contributed by atoms with van der Waals surface area (Å²) in [6, 6.07) is 8.79. The van der Waals surface area contributed by atoms with E-state index in [-0.39, 0.29) is 33.4 Å². The molecule has 0 fully saturated rings. The highest BCUT2D eigenvalue weighted by Crippen LogP contribution is 2.32. The Bertz CT molecular complexity index is 1360. The molecule has 3 rings (SSSR count). The number of carbonyl (C=O) groups excluding carboxylic acids is 2. The fourth-order valence-corrected chi connectivity index (χ4v) is 5.22. The molecule has 170 valence electrons. The first-order valence-electron chi connectivity index (χ1n) is 9.31. The van der Waals surface area contributed by atoms with Gasteiger partial charge >= 0.3 is 5.97 Å². The van der Waals surface area contributed by atoms with Crippen LogP contribution >= 0.6 is 34.5 Å². The molecule has 0 aliphatic rings. The number of thiazole rings is 1. The molecule has 0 aliphatic carbocycles. The van der Waals surface area contributed by atoms with E-state index in [0.29, 0.717) is 15.2 Å². The SMILES string of the molecule is CCOC(=O)Cn1c(=NC(=O)c2ccc(S(=O)(=O)N(C)C)cc2)sc2ccc(Cl)c(Cl)c21. The van der Waals surface area contributed by atoms with Gasteiger partial charge in [0, 0.05) is 19.7 Å². The van der Waals surface area contributed by atoms with Crippen LogP contribution < -0.4 is 4.80 Å². The highest BCUT2D eigenvalue weighted by atomic mass is 35.5. The lowest BCUT2D eigenvalue weighted by molar-refractivity contribution is -0.143. The van der Waals surface area contributed by atoms with Crippen molar-refractivity contribution < 1.29 is 22.7 Å². The van der Waals surface area contributed by atoms with Crippen LogP contribution in [0.15, 0.2) is 46.3 Å². The topological polar surface area (TPSA) is 98.0 Å². The summed E-state index contributed by atoms with van der Waals surface area (Å²) < 4.78 is 32.7. The molecular weight excluding hydrogens is 497 g/mol. The molecule has 0 spiro atoms. The molecule has 2 aromatic carbocycles. The average molecular weight is 516 g/mol. The van der Waals surface area contributed by atoms with E-state index in [1.807, 2.05) is 0 Å². The van der Waals surface area contributed by atoms with Gasteiger partial charge in [-0.25, -0.2) is 12.7 Å². The third-order valence-corrected chi connectivity index (χ3v) is 8.07. The van der Waals surface area contributed by atoms with Gasteiger partial charge in [-0.3, -0.25) is 9.59 Å². The summed E-state index contributed by atoms with van der Waals surface area (Å²) in [5.74, 6) is -1.12. The molecule has 8 nitrogen and oxygen atoms in total. The number of hydrogen-bond donors (Lipinski definition) is 0. The van der Waals surface area contributed by atoms with Gasteiger partial charge in [-0.15, -0.1) is 0 Å². The van der Waals surface area contributed by atoms with E-state index in [9.17, 15) is 18.0 Å². The lowest BCUT2D eigenvalue weighted by Crippen LogP contribution is -2.23. The second kappa shape index (κ2) is 9.72. The Balaban J connectivity index is 2.08. The lowest BCUT2D eigenvalue weighted by Gasteiger charge is -2.11. The Kier molecular flexibility index (Phi) is 7.41. The number of sulfonamides is 1. The highest BCUT2D eigenvalue weighted by Gasteiger charge is 2.19. The minimum Gasteiger partial charge on any atom is -0.465 e. The fourth-order valence-electron chi connectivity index (χ4n) is 2.80. The number of nitrogens with zero attached hydrogens (tertiary/aromatic N) is 3. The number of carbonyl (C=O) groups is 2. The van der Waals surface area contributed by atoms with Crippen LogP contribution in [0.25, 0.3) is 10.2 Å². The monoisotopic (exact) mass is 515 g/mol. The van der Waals surface area contributed by atoms with Crippen LogP contribution in [-0.2, 0) is 26.1 Å². The molecule has 12 heteroatoms. The smallest absolute Gasteiger partial charge is 0.326 e. The summed E-state index contributed by atoms with van der Waals surface area (Å²) in [5.41, 5.74) is 0.656. The number of esters is 1. The molecule has 0 saturated heterocycles. The van der Waals surface area contributed by atoms with E-state index in [2.05, 4.69) is 4.99 Å². The van der Waals surface area contributed by atoms with Crippen molar-refractivity contribution in [2.24, 2.45) is 4.99 Å². The number of aromatic nitrogens is 1. The third kappa shape index (κ3) is 4.89. The van der Waals surface area contributed by atoms with E-state index in [1.165, 1.54) is 42.9 Å². The number of fused-ring (bicyclic) bond motifs is 1. The van der Waals surface area contributed by atoms with Crippen molar-refractivity contribution in [3.8, 4) is 0 Å². The van der Waals surface area contributed by atoms with Crippen molar-refractivity contribution in [2.45, 2.75) is 18.4 Å². The standard InChI is InChI=1S/C20H19Cl2N3O5S2/c1-4-30-16(26)11-25-18-15(10-9-14(21)17(18)22)31-20(25)23-19(27)12-5-7-13(8-6-12)32(28,29)24(2)3/h5-10H,4,11H2,1-3H3. The summed E-state index contributed by atoms with van der Waals surface area (Å²) in [4.78, 5) is 29.4. The number of ether oxygens (including phenoxy) is 1. The Morgan fingerprint density at radius 3 is 2.38 bits per heavy atom. The zero-order valence-corrected chi connectivity index (χ0v) is 20.5. The van der Waals surface area contributed by atoms with Crippen LogP contribution in [0, 0.1) is 0 Å². The van der Waals surface area contributed by atoms with Crippen LogP contribution in [0.4, 0.5) is 0 Å². The second-order valence-corrected chi connectivity index (χ2v) is 10.7. The number of hydrogen-bond acceptors (Lipinski definition) is 6. The molecule has 32 heavy (non-hydrogen) atoms. The van der Waals surface area contributed by atoms with Crippen LogP contribution in [0.2, 0.25) is 10.0 Å². The van der Waals surface area contributed by atoms with Gasteiger partial charge in [-0.1, -0.05) is 34.5 Å². The molecule has 3 aromatic rings. The van der Waals surface area contributed by atoms with E-state index < -0.39 is 21.9 Å². The maximum Gasteiger partial charge on any atom is 0.326 e.